The Bertz CT molecular complexity index is 264. The van der Waals surface area contributed by atoms with Gasteiger partial charge in [-0.15, -0.1) is 0 Å². The summed E-state index contributed by atoms with van der Waals surface area (Å²) in [6, 6.07) is -1.26. The van der Waals surface area contributed by atoms with Gasteiger partial charge in [-0.3, -0.25) is 0 Å². The molecule has 0 bridgehead atoms. The molecule has 0 aliphatic rings. The lowest BCUT2D eigenvalue weighted by Crippen LogP contribution is -2.49. The Morgan fingerprint density at radius 2 is 1.59 bits per heavy atom. The maximum absolute atomic E-state index is 11.5. The Morgan fingerprint density at radius 1 is 1.06 bits per heavy atom. The average molecular weight is 244 g/mol. The van der Waals surface area contributed by atoms with Crippen LogP contribution in [0.1, 0.15) is 34.6 Å². The molecule has 0 rings (SSSR count). The highest BCUT2D eigenvalue weighted by atomic mass is 16.4. The number of carbonyl (C=O) groups is 2. The van der Waals surface area contributed by atoms with Gasteiger partial charge in [0.2, 0.25) is 0 Å². The van der Waals surface area contributed by atoms with E-state index >= 15 is 0 Å². The molecule has 0 aromatic carbocycles. The Kier molecular flexibility index (Phi) is 6.61. The van der Waals surface area contributed by atoms with Crippen molar-refractivity contribution in [2.45, 2.75) is 40.7 Å². The van der Waals surface area contributed by atoms with Crippen molar-refractivity contribution in [1.29, 1.82) is 0 Å². The van der Waals surface area contributed by atoms with Crippen LogP contribution in [0.15, 0.2) is 0 Å². The summed E-state index contributed by atoms with van der Waals surface area (Å²) in [6.45, 7) is 10.3. The highest BCUT2D eigenvalue weighted by Gasteiger charge is 2.23. The zero-order valence-corrected chi connectivity index (χ0v) is 11.3. The fourth-order valence-corrected chi connectivity index (χ4v) is 1.20. The fraction of sp³-hybridized carbons (Fsp3) is 0.833. The molecule has 1 unspecified atom stereocenters. The van der Waals surface area contributed by atoms with Crippen LogP contribution in [0.5, 0.6) is 0 Å². The van der Waals surface area contributed by atoms with Gasteiger partial charge in [0.05, 0.1) is 0 Å². The van der Waals surface area contributed by atoms with Crippen LogP contribution in [-0.2, 0) is 4.79 Å². The predicted molar refractivity (Wildman–Crippen MR) is 66.8 cm³/mol. The van der Waals surface area contributed by atoms with E-state index in [4.69, 9.17) is 5.11 Å². The van der Waals surface area contributed by atoms with Gasteiger partial charge in [0.25, 0.3) is 0 Å². The third kappa shape index (κ3) is 6.14. The van der Waals surface area contributed by atoms with Gasteiger partial charge in [-0.1, -0.05) is 34.6 Å². The van der Waals surface area contributed by atoms with E-state index in [-0.39, 0.29) is 5.92 Å². The number of carbonyl (C=O) groups excluding carboxylic acids is 1. The first-order valence-electron chi connectivity index (χ1n) is 6.02. The molecule has 0 aliphatic heterocycles. The Morgan fingerprint density at radius 3 is 1.94 bits per heavy atom. The van der Waals surface area contributed by atoms with Crippen LogP contribution < -0.4 is 10.6 Å². The van der Waals surface area contributed by atoms with Crippen LogP contribution in [-0.4, -0.2) is 29.7 Å². The minimum Gasteiger partial charge on any atom is -0.480 e. The quantitative estimate of drug-likeness (QED) is 0.665. The minimum absolute atomic E-state index is 0.138. The lowest BCUT2D eigenvalue weighted by atomic mass is 9.98. The first-order valence-corrected chi connectivity index (χ1v) is 6.02. The summed E-state index contributed by atoms with van der Waals surface area (Å²) in [5.41, 5.74) is 0. The van der Waals surface area contributed by atoms with Crippen molar-refractivity contribution in [1.82, 2.24) is 10.6 Å². The van der Waals surface area contributed by atoms with Gasteiger partial charge in [0, 0.05) is 6.54 Å². The van der Waals surface area contributed by atoms with Crippen molar-refractivity contribution in [2.24, 2.45) is 17.8 Å². The molecule has 2 atom stereocenters. The van der Waals surface area contributed by atoms with Crippen LogP contribution in [0.25, 0.3) is 0 Å². The molecular weight excluding hydrogens is 220 g/mol. The second-order valence-corrected chi connectivity index (χ2v) is 5.14. The van der Waals surface area contributed by atoms with E-state index in [1.807, 2.05) is 6.92 Å². The van der Waals surface area contributed by atoms with Gasteiger partial charge < -0.3 is 15.7 Å². The summed E-state index contributed by atoms with van der Waals surface area (Å²) < 4.78 is 0. The van der Waals surface area contributed by atoms with E-state index in [9.17, 15) is 9.59 Å². The van der Waals surface area contributed by atoms with Crippen molar-refractivity contribution in [3.63, 3.8) is 0 Å². The molecule has 2 amide bonds. The normalized spacial score (nSPS) is 14.5. The maximum atomic E-state index is 11.5. The van der Waals surface area contributed by atoms with Gasteiger partial charge >= 0.3 is 12.0 Å². The Hall–Kier alpha value is -1.26. The van der Waals surface area contributed by atoms with Crippen LogP contribution >= 0.6 is 0 Å². The molecule has 0 saturated carbocycles. The van der Waals surface area contributed by atoms with Crippen molar-refractivity contribution >= 4 is 12.0 Å². The van der Waals surface area contributed by atoms with Crippen LogP contribution in [0, 0.1) is 17.8 Å². The SMILES string of the molecule is CC(C)C(C)CNC(=O)N[C@H](C(=O)O)C(C)C. The molecule has 0 spiro atoms. The van der Waals surface area contributed by atoms with E-state index in [0.29, 0.717) is 18.4 Å². The molecular formula is C12H24N2O3. The number of carboxylic acids is 1. The molecule has 5 nitrogen and oxygen atoms in total. The third-order valence-corrected chi connectivity index (χ3v) is 2.94. The highest BCUT2D eigenvalue weighted by Crippen LogP contribution is 2.07. The summed E-state index contributed by atoms with van der Waals surface area (Å²) in [6.07, 6.45) is 0. The van der Waals surface area contributed by atoms with Gasteiger partial charge in [-0.2, -0.15) is 0 Å². The third-order valence-electron chi connectivity index (χ3n) is 2.94. The summed E-state index contributed by atoms with van der Waals surface area (Å²) in [5, 5.41) is 14.1. The zero-order valence-electron chi connectivity index (χ0n) is 11.3. The van der Waals surface area contributed by atoms with E-state index in [0.717, 1.165) is 0 Å². The van der Waals surface area contributed by atoms with Gasteiger partial charge in [-0.05, 0) is 17.8 Å². The molecule has 0 aromatic heterocycles. The van der Waals surface area contributed by atoms with Crippen LogP contribution in [0.2, 0.25) is 0 Å². The predicted octanol–water partition coefficient (Wildman–Crippen LogP) is 1.69. The molecule has 100 valence electrons. The summed E-state index contributed by atoms with van der Waals surface area (Å²) in [4.78, 5) is 22.4. The minimum atomic E-state index is -1.01. The standard InChI is InChI=1S/C12H24N2O3/c1-7(2)9(5)6-13-12(17)14-10(8(3)4)11(15)16/h7-10H,6H2,1-5H3,(H,15,16)(H2,13,14,17)/t9?,10-/m0/s1. The van der Waals surface area contributed by atoms with E-state index < -0.39 is 18.0 Å². The molecule has 0 aliphatic carbocycles. The molecule has 0 saturated heterocycles. The summed E-state index contributed by atoms with van der Waals surface area (Å²) >= 11 is 0. The number of rotatable bonds is 6. The van der Waals surface area contributed by atoms with Gasteiger partial charge in [0.15, 0.2) is 0 Å². The molecule has 3 N–H and O–H groups in total. The van der Waals surface area contributed by atoms with Crippen molar-refractivity contribution in [2.75, 3.05) is 6.54 Å². The summed E-state index contributed by atoms with van der Waals surface area (Å²) in [7, 11) is 0. The lowest BCUT2D eigenvalue weighted by molar-refractivity contribution is -0.140. The average Bonchev–Trinajstić information content (AvgIpc) is 2.21. The lowest BCUT2D eigenvalue weighted by Gasteiger charge is -2.20. The second-order valence-electron chi connectivity index (χ2n) is 5.14. The van der Waals surface area contributed by atoms with Crippen molar-refractivity contribution in [3.05, 3.63) is 0 Å². The van der Waals surface area contributed by atoms with Crippen LogP contribution in [0.4, 0.5) is 4.79 Å². The summed E-state index contributed by atoms with van der Waals surface area (Å²) in [5.74, 6) is -0.299. The number of urea groups is 1. The molecule has 0 heterocycles. The van der Waals surface area contributed by atoms with Crippen LogP contribution in [0.3, 0.4) is 0 Å². The largest absolute Gasteiger partial charge is 0.480 e. The van der Waals surface area contributed by atoms with Crippen molar-refractivity contribution < 1.29 is 14.7 Å². The first-order chi connectivity index (χ1) is 7.75. The van der Waals surface area contributed by atoms with Gasteiger partial charge in [-0.25, -0.2) is 9.59 Å². The number of amides is 2. The Balaban J connectivity index is 4.12. The number of hydrogen-bond donors (Lipinski definition) is 3. The van der Waals surface area contributed by atoms with Gasteiger partial charge in [0.1, 0.15) is 6.04 Å². The number of aliphatic carboxylic acids is 1. The maximum Gasteiger partial charge on any atom is 0.326 e. The topological polar surface area (TPSA) is 78.4 Å². The van der Waals surface area contributed by atoms with E-state index in [1.165, 1.54) is 0 Å². The molecule has 0 aromatic rings. The fourth-order valence-electron chi connectivity index (χ4n) is 1.20. The number of hydrogen-bond acceptors (Lipinski definition) is 2. The zero-order chi connectivity index (χ0) is 13.6. The van der Waals surface area contributed by atoms with Crippen molar-refractivity contribution in [3.8, 4) is 0 Å². The highest BCUT2D eigenvalue weighted by molar-refractivity contribution is 5.82. The first kappa shape index (κ1) is 15.7. The molecule has 0 fully saturated rings. The second kappa shape index (κ2) is 7.14. The molecule has 0 radical (unpaired) electrons. The smallest absolute Gasteiger partial charge is 0.326 e. The number of carboxylic acid groups (broad SMARTS) is 1. The monoisotopic (exact) mass is 244 g/mol. The molecule has 5 heteroatoms. The Labute approximate surface area is 103 Å². The number of nitrogens with one attached hydrogen (secondary N) is 2. The van der Waals surface area contributed by atoms with E-state index in [1.54, 1.807) is 13.8 Å². The van der Waals surface area contributed by atoms with E-state index in [2.05, 4.69) is 24.5 Å². The molecule has 17 heavy (non-hydrogen) atoms.